The molecule has 8 heteroatoms. The van der Waals surface area contributed by atoms with Crippen molar-refractivity contribution in [2.45, 2.75) is 36.1 Å². The minimum absolute atomic E-state index is 0.196. The van der Waals surface area contributed by atoms with Gasteiger partial charge in [0.15, 0.2) is 5.58 Å². The van der Waals surface area contributed by atoms with Crippen LogP contribution in [0.25, 0.3) is 11.1 Å². The minimum atomic E-state index is -3.52. The molecule has 118 valence electrons. The third-order valence-corrected chi connectivity index (χ3v) is 6.02. The summed E-state index contributed by atoms with van der Waals surface area (Å²) >= 11 is 1.20. The Morgan fingerprint density at radius 3 is 2.68 bits per heavy atom. The summed E-state index contributed by atoms with van der Waals surface area (Å²) in [5.74, 6) is 0. The highest BCUT2D eigenvalue weighted by Gasteiger charge is 2.22. The van der Waals surface area contributed by atoms with E-state index < -0.39 is 10.0 Å². The van der Waals surface area contributed by atoms with E-state index in [9.17, 15) is 8.42 Å². The lowest BCUT2D eigenvalue weighted by atomic mass is 10.3. The summed E-state index contributed by atoms with van der Waals surface area (Å²) in [6.45, 7) is 6.17. The number of sulfonamides is 1. The number of hydrogen-bond acceptors (Lipinski definition) is 6. The van der Waals surface area contributed by atoms with E-state index in [4.69, 9.17) is 9.68 Å². The van der Waals surface area contributed by atoms with E-state index in [0.717, 1.165) is 0 Å². The highest BCUT2D eigenvalue weighted by atomic mass is 32.2. The molecule has 1 atom stereocenters. The quantitative estimate of drug-likeness (QED) is 0.752. The number of oxazole rings is 1. The molecule has 0 spiro atoms. The van der Waals surface area contributed by atoms with Gasteiger partial charge in [0.25, 0.3) is 5.22 Å². The van der Waals surface area contributed by atoms with Gasteiger partial charge in [-0.05, 0) is 36.9 Å². The highest BCUT2D eigenvalue weighted by Crippen LogP contribution is 2.28. The smallest absolute Gasteiger partial charge is 0.258 e. The monoisotopic (exact) mass is 339 g/mol. The fourth-order valence-corrected chi connectivity index (χ4v) is 4.11. The fourth-order valence-electron chi connectivity index (χ4n) is 1.99. The molecule has 0 fully saturated rings. The first kappa shape index (κ1) is 16.8. The molecule has 1 heterocycles. The van der Waals surface area contributed by atoms with Crippen LogP contribution in [0, 0.1) is 11.3 Å². The van der Waals surface area contributed by atoms with E-state index in [-0.39, 0.29) is 10.1 Å². The third kappa shape index (κ3) is 3.27. The van der Waals surface area contributed by atoms with Gasteiger partial charge in [-0.25, -0.2) is 13.4 Å². The van der Waals surface area contributed by atoms with E-state index in [2.05, 4.69) is 11.1 Å². The van der Waals surface area contributed by atoms with Gasteiger partial charge in [-0.1, -0.05) is 13.8 Å². The first-order valence-electron chi connectivity index (χ1n) is 6.89. The maximum Gasteiger partial charge on any atom is 0.258 e. The predicted octanol–water partition coefficient (Wildman–Crippen LogP) is 2.86. The highest BCUT2D eigenvalue weighted by molar-refractivity contribution is 7.99. The summed E-state index contributed by atoms with van der Waals surface area (Å²) in [5.41, 5.74) is 0.979. The van der Waals surface area contributed by atoms with Crippen LogP contribution in [0.2, 0.25) is 0 Å². The van der Waals surface area contributed by atoms with Crippen molar-refractivity contribution in [1.82, 2.24) is 9.29 Å². The fraction of sp³-hybridized carbons (Fsp3) is 0.429. The first-order valence-corrected chi connectivity index (χ1v) is 9.21. The van der Waals surface area contributed by atoms with Crippen molar-refractivity contribution in [1.29, 1.82) is 5.26 Å². The number of nitriles is 1. The van der Waals surface area contributed by atoms with Gasteiger partial charge in [-0.3, -0.25) is 0 Å². The topological polar surface area (TPSA) is 87.2 Å². The van der Waals surface area contributed by atoms with Crippen molar-refractivity contribution in [3.05, 3.63) is 18.2 Å². The Labute approximate surface area is 134 Å². The molecule has 0 saturated carbocycles. The number of nitrogens with zero attached hydrogens (tertiary/aromatic N) is 3. The second-order valence-electron chi connectivity index (χ2n) is 4.59. The van der Waals surface area contributed by atoms with Gasteiger partial charge in [0.05, 0.1) is 16.2 Å². The molecule has 6 nitrogen and oxygen atoms in total. The van der Waals surface area contributed by atoms with Crippen LogP contribution in [0.5, 0.6) is 0 Å². The average Bonchev–Trinajstić information content (AvgIpc) is 2.89. The van der Waals surface area contributed by atoms with Crippen LogP contribution in [0.3, 0.4) is 0 Å². The number of aromatic nitrogens is 1. The minimum Gasteiger partial charge on any atom is -0.431 e. The molecule has 0 aliphatic carbocycles. The molecular weight excluding hydrogens is 322 g/mol. The Morgan fingerprint density at radius 1 is 1.41 bits per heavy atom. The summed E-state index contributed by atoms with van der Waals surface area (Å²) < 4.78 is 31.9. The van der Waals surface area contributed by atoms with Crippen molar-refractivity contribution in [2.24, 2.45) is 0 Å². The van der Waals surface area contributed by atoms with Crippen molar-refractivity contribution in [2.75, 3.05) is 13.1 Å². The van der Waals surface area contributed by atoms with Crippen LogP contribution in [0.4, 0.5) is 0 Å². The van der Waals surface area contributed by atoms with Crippen LogP contribution in [-0.2, 0) is 10.0 Å². The standard InChI is InChI=1S/C14H17N3O3S2/c1-4-17(5-2)22(18,19)11-6-7-13-12(8-11)16-14(20-13)21-10(3)9-15/h6-8,10H,4-5H2,1-3H3/t10-/m0/s1. The normalized spacial score (nSPS) is 13.4. The second kappa shape index (κ2) is 6.69. The van der Waals surface area contributed by atoms with Gasteiger partial charge in [0.1, 0.15) is 5.52 Å². The van der Waals surface area contributed by atoms with Gasteiger partial charge < -0.3 is 4.42 Å². The Balaban J connectivity index is 2.41. The number of fused-ring (bicyclic) bond motifs is 1. The van der Waals surface area contributed by atoms with Gasteiger partial charge in [0, 0.05) is 13.1 Å². The molecule has 1 aromatic carbocycles. The summed E-state index contributed by atoms with van der Waals surface area (Å²) in [5, 5.41) is 8.89. The number of rotatable bonds is 6. The van der Waals surface area contributed by atoms with E-state index in [1.54, 1.807) is 26.8 Å². The third-order valence-electron chi connectivity index (χ3n) is 3.14. The zero-order chi connectivity index (χ0) is 16.3. The van der Waals surface area contributed by atoms with E-state index >= 15 is 0 Å². The maximum atomic E-state index is 12.5. The van der Waals surface area contributed by atoms with Crippen LogP contribution < -0.4 is 0 Å². The second-order valence-corrected chi connectivity index (χ2v) is 7.82. The number of thioether (sulfide) groups is 1. The molecule has 22 heavy (non-hydrogen) atoms. The number of hydrogen-bond donors (Lipinski definition) is 0. The molecule has 0 unspecified atom stereocenters. The zero-order valence-corrected chi connectivity index (χ0v) is 14.2. The summed E-state index contributed by atoms with van der Waals surface area (Å²) in [6.07, 6.45) is 0. The lowest BCUT2D eigenvalue weighted by molar-refractivity contribution is 0.445. The number of benzene rings is 1. The van der Waals surface area contributed by atoms with E-state index in [0.29, 0.717) is 29.4 Å². The van der Waals surface area contributed by atoms with Crippen LogP contribution in [0.15, 0.2) is 32.7 Å². The van der Waals surface area contributed by atoms with E-state index in [1.807, 2.05) is 0 Å². The first-order chi connectivity index (χ1) is 10.4. The van der Waals surface area contributed by atoms with Crippen molar-refractivity contribution in [3.63, 3.8) is 0 Å². The molecule has 1 aromatic heterocycles. The Hall–Kier alpha value is -1.56. The molecule has 0 radical (unpaired) electrons. The van der Waals surface area contributed by atoms with Crippen LogP contribution in [0.1, 0.15) is 20.8 Å². The molecule has 0 amide bonds. The Morgan fingerprint density at radius 2 is 2.09 bits per heavy atom. The van der Waals surface area contributed by atoms with Crippen molar-refractivity contribution in [3.8, 4) is 6.07 Å². The molecule has 2 rings (SSSR count). The summed E-state index contributed by atoms with van der Waals surface area (Å²) in [6, 6.07) is 6.71. The zero-order valence-electron chi connectivity index (χ0n) is 12.6. The lowest BCUT2D eigenvalue weighted by Crippen LogP contribution is -2.30. The molecule has 0 bridgehead atoms. The lowest BCUT2D eigenvalue weighted by Gasteiger charge is -2.18. The molecule has 0 saturated heterocycles. The van der Waals surface area contributed by atoms with Crippen molar-refractivity contribution < 1.29 is 12.8 Å². The molecule has 0 N–H and O–H groups in total. The summed E-state index contributed by atoms with van der Waals surface area (Å²) in [7, 11) is -3.52. The maximum absolute atomic E-state index is 12.5. The average molecular weight is 339 g/mol. The van der Waals surface area contributed by atoms with Crippen LogP contribution >= 0.6 is 11.8 Å². The molecule has 0 aliphatic rings. The van der Waals surface area contributed by atoms with Gasteiger partial charge in [-0.2, -0.15) is 9.57 Å². The predicted molar refractivity (Wildman–Crippen MR) is 85.0 cm³/mol. The van der Waals surface area contributed by atoms with Gasteiger partial charge in [-0.15, -0.1) is 0 Å². The Kier molecular flexibility index (Phi) is 5.11. The Bertz CT molecular complexity index is 804. The molecule has 0 aliphatic heterocycles. The SMILES string of the molecule is CCN(CC)S(=O)(=O)c1ccc2oc(S[C@@H](C)C#N)nc2c1. The summed E-state index contributed by atoms with van der Waals surface area (Å²) in [4.78, 5) is 4.44. The molecular formula is C14H17N3O3S2. The van der Waals surface area contributed by atoms with Gasteiger partial charge >= 0.3 is 0 Å². The van der Waals surface area contributed by atoms with Crippen LogP contribution in [-0.4, -0.2) is 36.0 Å². The van der Waals surface area contributed by atoms with Gasteiger partial charge in [0.2, 0.25) is 10.0 Å². The van der Waals surface area contributed by atoms with Crippen molar-refractivity contribution >= 4 is 32.9 Å². The van der Waals surface area contributed by atoms with E-state index in [1.165, 1.54) is 28.2 Å². The molecule has 2 aromatic rings. The largest absolute Gasteiger partial charge is 0.431 e.